The molecule has 8 heteroatoms. The van der Waals surface area contributed by atoms with Crippen LogP contribution < -0.4 is 10.6 Å². The van der Waals surface area contributed by atoms with Crippen LogP contribution in [-0.2, 0) is 4.74 Å². The maximum absolute atomic E-state index is 11.7. The topological polar surface area (TPSA) is 93.2 Å². The molecule has 0 atom stereocenters. The Morgan fingerprint density at radius 3 is 2.74 bits per heavy atom. The number of rotatable bonds is 3. The van der Waals surface area contributed by atoms with Gasteiger partial charge in [-0.1, -0.05) is 19.3 Å². The van der Waals surface area contributed by atoms with Gasteiger partial charge in [-0.15, -0.1) is 0 Å². The molecule has 0 radical (unpaired) electrons. The molecule has 1 aromatic heterocycles. The maximum atomic E-state index is 11.7. The maximum Gasteiger partial charge on any atom is 0.377 e. The lowest BCUT2D eigenvalue weighted by molar-refractivity contribution is 0.0588. The number of nitrogens with zero attached hydrogens (tertiary/aromatic N) is 2. The minimum absolute atomic E-state index is 0.0412. The minimum atomic E-state index is -0.614. The highest BCUT2D eigenvalue weighted by molar-refractivity contribution is 7.10. The van der Waals surface area contributed by atoms with Crippen LogP contribution in [0.1, 0.15) is 42.7 Å². The van der Waals surface area contributed by atoms with E-state index in [9.17, 15) is 9.59 Å². The number of aromatic nitrogens is 2. The third kappa shape index (κ3) is 3.88. The zero-order valence-corrected chi connectivity index (χ0v) is 11.5. The number of amides is 2. The summed E-state index contributed by atoms with van der Waals surface area (Å²) in [4.78, 5) is 26.8. The van der Waals surface area contributed by atoms with E-state index in [1.165, 1.54) is 13.5 Å². The molecule has 0 unspecified atom stereocenters. The molecule has 2 N–H and O–H groups in total. The number of methoxy groups -OCH3 is 1. The summed E-state index contributed by atoms with van der Waals surface area (Å²) in [5.41, 5.74) is 0. The fourth-order valence-electron chi connectivity index (χ4n) is 2.01. The number of hydrogen-bond acceptors (Lipinski definition) is 6. The number of urea groups is 1. The standard InChI is InChI=1S/C11H16N4O3S/c1-18-9(16)8-13-11(19-15-8)14-10(17)12-7-5-3-2-4-6-7/h7H,2-6H2,1H3,(H2,12,13,14,15,17). The van der Waals surface area contributed by atoms with Crippen LogP contribution >= 0.6 is 11.5 Å². The van der Waals surface area contributed by atoms with Gasteiger partial charge in [-0.2, -0.15) is 9.36 Å². The van der Waals surface area contributed by atoms with E-state index in [2.05, 4.69) is 24.7 Å². The number of hydrogen-bond donors (Lipinski definition) is 2. The van der Waals surface area contributed by atoms with E-state index in [4.69, 9.17) is 0 Å². The first-order valence-corrected chi connectivity index (χ1v) is 6.96. The number of esters is 1. The summed E-state index contributed by atoms with van der Waals surface area (Å²) in [6, 6.07) is -0.0822. The van der Waals surface area contributed by atoms with Gasteiger partial charge in [0.25, 0.3) is 5.82 Å². The largest absolute Gasteiger partial charge is 0.463 e. The summed E-state index contributed by atoms with van der Waals surface area (Å²) < 4.78 is 8.29. The number of carbonyl (C=O) groups is 2. The Morgan fingerprint density at radius 1 is 1.32 bits per heavy atom. The highest BCUT2D eigenvalue weighted by atomic mass is 32.1. The summed E-state index contributed by atoms with van der Waals surface area (Å²) in [5, 5.41) is 5.75. The second-order valence-electron chi connectivity index (χ2n) is 4.35. The first-order valence-electron chi connectivity index (χ1n) is 6.18. The van der Waals surface area contributed by atoms with Gasteiger partial charge >= 0.3 is 12.0 Å². The van der Waals surface area contributed by atoms with Crippen LogP contribution in [0.2, 0.25) is 0 Å². The summed E-state index contributed by atoms with van der Waals surface area (Å²) in [5.74, 6) is -0.655. The van der Waals surface area contributed by atoms with Crippen molar-refractivity contribution in [3.05, 3.63) is 5.82 Å². The van der Waals surface area contributed by atoms with Gasteiger partial charge in [0.1, 0.15) is 0 Å². The van der Waals surface area contributed by atoms with E-state index in [0.717, 1.165) is 37.2 Å². The molecule has 0 spiro atoms. The summed E-state index contributed by atoms with van der Waals surface area (Å²) in [6.07, 6.45) is 5.55. The van der Waals surface area contributed by atoms with Crippen molar-refractivity contribution in [1.29, 1.82) is 0 Å². The van der Waals surface area contributed by atoms with Gasteiger partial charge in [0, 0.05) is 17.6 Å². The Morgan fingerprint density at radius 2 is 2.05 bits per heavy atom. The SMILES string of the molecule is COC(=O)c1nsc(NC(=O)NC2CCCCC2)n1. The molecule has 2 rings (SSSR count). The Balaban J connectivity index is 1.84. The van der Waals surface area contributed by atoms with Crippen LogP contribution in [0, 0.1) is 0 Å². The van der Waals surface area contributed by atoms with Crippen LogP contribution in [0.15, 0.2) is 0 Å². The van der Waals surface area contributed by atoms with Crippen molar-refractivity contribution in [3.8, 4) is 0 Å². The van der Waals surface area contributed by atoms with Gasteiger partial charge in [-0.3, -0.25) is 5.32 Å². The lowest BCUT2D eigenvalue weighted by Gasteiger charge is -2.22. The number of ether oxygens (including phenoxy) is 1. The van der Waals surface area contributed by atoms with E-state index in [1.54, 1.807) is 0 Å². The van der Waals surface area contributed by atoms with Crippen molar-refractivity contribution in [1.82, 2.24) is 14.7 Å². The summed E-state index contributed by atoms with van der Waals surface area (Å²) in [6.45, 7) is 0. The fraction of sp³-hybridized carbons (Fsp3) is 0.636. The molecule has 1 saturated carbocycles. The van der Waals surface area contributed by atoms with Gasteiger partial charge in [0.05, 0.1) is 7.11 Å². The van der Waals surface area contributed by atoms with E-state index >= 15 is 0 Å². The average Bonchev–Trinajstić information content (AvgIpc) is 2.87. The van der Waals surface area contributed by atoms with Crippen LogP contribution in [0.3, 0.4) is 0 Å². The highest BCUT2D eigenvalue weighted by Gasteiger charge is 2.18. The third-order valence-electron chi connectivity index (χ3n) is 2.95. The Hall–Kier alpha value is -1.70. The van der Waals surface area contributed by atoms with Gasteiger partial charge in [0.2, 0.25) is 5.13 Å². The normalized spacial score (nSPS) is 15.8. The number of carbonyl (C=O) groups excluding carboxylic acids is 2. The molecule has 0 aliphatic heterocycles. The molecule has 19 heavy (non-hydrogen) atoms. The van der Waals surface area contributed by atoms with Crippen molar-refractivity contribution in [3.63, 3.8) is 0 Å². The monoisotopic (exact) mass is 284 g/mol. The van der Waals surface area contributed by atoms with E-state index in [0.29, 0.717) is 0 Å². The molecular formula is C11H16N4O3S. The van der Waals surface area contributed by atoms with E-state index in [-0.39, 0.29) is 23.0 Å². The molecule has 1 aliphatic carbocycles. The molecule has 7 nitrogen and oxygen atoms in total. The predicted molar refractivity (Wildman–Crippen MR) is 70.3 cm³/mol. The van der Waals surface area contributed by atoms with E-state index < -0.39 is 5.97 Å². The first kappa shape index (κ1) is 13.7. The lowest BCUT2D eigenvalue weighted by atomic mass is 9.96. The van der Waals surface area contributed by atoms with Crippen LogP contribution in [0.4, 0.5) is 9.93 Å². The second kappa shape index (κ2) is 6.46. The first-order chi connectivity index (χ1) is 9.19. The molecule has 1 aliphatic rings. The van der Waals surface area contributed by atoms with Crippen molar-refractivity contribution in [2.45, 2.75) is 38.1 Å². The lowest BCUT2D eigenvalue weighted by Crippen LogP contribution is -2.39. The summed E-state index contributed by atoms with van der Waals surface area (Å²) in [7, 11) is 1.26. The van der Waals surface area contributed by atoms with Gasteiger partial charge in [-0.05, 0) is 12.8 Å². The molecule has 0 aromatic carbocycles. The quantitative estimate of drug-likeness (QED) is 0.825. The Labute approximate surface area is 114 Å². The van der Waals surface area contributed by atoms with Gasteiger partial charge in [0.15, 0.2) is 0 Å². The zero-order chi connectivity index (χ0) is 13.7. The zero-order valence-electron chi connectivity index (χ0n) is 10.6. The van der Waals surface area contributed by atoms with Crippen molar-refractivity contribution < 1.29 is 14.3 Å². The van der Waals surface area contributed by atoms with Gasteiger partial charge < -0.3 is 10.1 Å². The molecule has 2 amide bonds. The molecule has 104 valence electrons. The molecule has 1 aromatic rings. The van der Waals surface area contributed by atoms with E-state index in [1.807, 2.05) is 0 Å². The third-order valence-corrected chi connectivity index (χ3v) is 3.59. The average molecular weight is 284 g/mol. The number of nitrogens with one attached hydrogen (secondary N) is 2. The molecule has 0 saturated heterocycles. The van der Waals surface area contributed by atoms with Crippen molar-refractivity contribution in [2.24, 2.45) is 0 Å². The highest BCUT2D eigenvalue weighted by Crippen LogP contribution is 2.18. The minimum Gasteiger partial charge on any atom is -0.463 e. The van der Waals surface area contributed by atoms with Crippen LogP contribution in [-0.4, -0.2) is 34.5 Å². The Bertz CT molecular complexity index is 457. The van der Waals surface area contributed by atoms with Crippen LogP contribution in [0.25, 0.3) is 0 Å². The van der Waals surface area contributed by atoms with Crippen molar-refractivity contribution in [2.75, 3.05) is 12.4 Å². The smallest absolute Gasteiger partial charge is 0.377 e. The molecule has 1 fully saturated rings. The van der Waals surface area contributed by atoms with Crippen LogP contribution in [0.5, 0.6) is 0 Å². The molecule has 0 bridgehead atoms. The summed E-state index contributed by atoms with van der Waals surface area (Å²) >= 11 is 0.950. The Kier molecular flexibility index (Phi) is 4.67. The predicted octanol–water partition coefficient (Wildman–Crippen LogP) is 1.78. The second-order valence-corrected chi connectivity index (χ2v) is 5.10. The fourth-order valence-corrected chi connectivity index (χ4v) is 2.57. The van der Waals surface area contributed by atoms with Crippen molar-refractivity contribution >= 4 is 28.7 Å². The molecule has 1 heterocycles. The van der Waals surface area contributed by atoms with Gasteiger partial charge in [-0.25, -0.2) is 9.59 Å². The molecular weight excluding hydrogens is 268 g/mol. The number of anilines is 1.